The second kappa shape index (κ2) is 5.64. The third-order valence-corrected chi connectivity index (χ3v) is 3.39. The highest BCUT2D eigenvalue weighted by molar-refractivity contribution is 5.85. The molecular formula is C15H19NO4. The molecule has 0 aliphatic carbocycles. The smallest absolute Gasteiger partial charge is 0.231 e. The van der Waals surface area contributed by atoms with E-state index in [0.717, 1.165) is 11.0 Å². The van der Waals surface area contributed by atoms with Crippen molar-refractivity contribution < 1.29 is 19.4 Å². The van der Waals surface area contributed by atoms with Gasteiger partial charge in [0, 0.05) is 5.39 Å². The molecule has 5 heteroatoms. The number of fused-ring (bicyclic) bond motifs is 1. The average molecular weight is 277 g/mol. The Balaban J connectivity index is 2.18. The second-order valence-corrected chi connectivity index (χ2v) is 5.27. The summed E-state index contributed by atoms with van der Waals surface area (Å²) in [5, 5.41) is 22.0. The van der Waals surface area contributed by atoms with Gasteiger partial charge in [-0.15, -0.1) is 0 Å². The Hall–Kier alpha value is -1.85. The number of rotatable bonds is 5. The molecule has 0 aliphatic heterocycles. The molecule has 1 atom stereocenters. The first kappa shape index (κ1) is 14.6. The molecule has 0 radical (unpaired) electrons. The Morgan fingerprint density at radius 2 is 2.00 bits per heavy atom. The third-order valence-electron chi connectivity index (χ3n) is 3.39. The SMILES string of the molecule is C[C@H](C(=O)NC(C)(CO)CO)c1cc2ccccc2o1. The maximum Gasteiger partial charge on any atom is 0.231 e. The summed E-state index contributed by atoms with van der Waals surface area (Å²) in [5.41, 5.74) is -0.300. The highest BCUT2D eigenvalue weighted by atomic mass is 16.3. The second-order valence-electron chi connectivity index (χ2n) is 5.27. The van der Waals surface area contributed by atoms with Crippen molar-refractivity contribution in [2.24, 2.45) is 0 Å². The predicted octanol–water partition coefficient (Wildman–Crippen LogP) is 1.40. The van der Waals surface area contributed by atoms with Crippen molar-refractivity contribution in [1.29, 1.82) is 0 Å². The minimum absolute atomic E-state index is 0.297. The topological polar surface area (TPSA) is 82.7 Å². The largest absolute Gasteiger partial charge is 0.460 e. The van der Waals surface area contributed by atoms with Crippen molar-refractivity contribution in [2.75, 3.05) is 13.2 Å². The quantitative estimate of drug-likeness (QED) is 0.771. The number of benzene rings is 1. The number of nitrogens with one attached hydrogen (secondary N) is 1. The molecular weight excluding hydrogens is 258 g/mol. The molecule has 1 amide bonds. The number of amides is 1. The molecule has 1 aromatic carbocycles. The van der Waals surface area contributed by atoms with Crippen LogP contribution < -0.4 is 5.32 Å². The fraction of sp³-hybridized carbons (Fsp3) is 0.400. The maximum absolute atomic E-state index is 12.2. The maximum atomic E-state index is 12.2. The summed E-state index contributed by atoms with van der Waals surface area (Å²) in [4.78, 5) is 12.2. The summed E-state index contributed by atoms with van der Waals surface area (Å²) in [5.74, 6) is -0.239. The van der Waals surface area contributed by atoms with Crippen molar-refractivity contribution in [1.82, 2.24) is 5.32 Å². The zero-order valence-electron chi connectivity index (χ0n) is 11.6. The van der Waals surface area contributed by atoms with Crippen LogP contribution in [0.3, 0.4) is 0 Å². The van der Waals surface area contributed by atoms with E-state index < -0.39 is 11.5 Å². The lowest BCUT2D eigenvalue weighted by atomic mass is 10.0. The average Bonchev–Trinajstić information content (AvgIpc) is 2.90. The minimum atomic E-state index is -1.03. The Labute approximate surface area is 117 Å². The highest BCUT2D eigenvalue weighted by Gasteiger charge is 2.28. The molecule has 2 rings (SSSR count). The molecule has 2 aromatic rings. The van der Waals surface area contributed by atoms with Gasteiger partial charge in [-0.05, 0) is 26.0 Å². The van der Waals surface area contributed by atoms with Crippen LogP contribution in [0.5, 0.6) is 0 Å². The summed E-state index contributed by atoms with van der Waals surface area (Å²) >= 11 is 0. The molecule has 108 valence electrons. The Bertz CT molecular complexity index is 568. The molecule has 0 fully saturated rings. The zero-order valence-corrected chi connectivity index (χ0v) is 11.6. The summed E-state index contributed by atoms with van der Waals surface area (Å²) in [6.45, 7) is 2.64. The van der Waals surface area contributed by atoms with Crippen LogP contribution in [0.15, 0.2) is 34.7 Å². The number of aliphatic hydroxyl groups is 2. The predicted molar refractivity (Wildman–Crippen MR) is 75.3 cm³/mol. The first-order valence-corrected chi connectivity index (χ1v) is 6.51. The van der Waals surface area contributed by atoms with Crippen LogP contribution in [-0.2, 0) is 4.79 Å². The van der Waals surface area contributed by atoms with E-state index in [-0.39, 0.29) is 19.1 Å². The minimum Gasteiger partial charge on any atom is -0.460 e. The van der Waals surface area contributed by atoms with Gasteiger partial charge < -0.3 is 19.9 Å². The number of hydrogen-bond donors (Lipinski definition) is 3. The van der Waals surface area contributed by atoms with Gasteiger partial charge in [0.05, 0.1) is 24.7 Å². The fourth-order valence-corrected chi connectivity index (χ4v) is 1.88. The normalized spacial score (nSPS) is 13.4. The molecule has 5 nitrogen and oxygen atoms in total. The molecule has 3 N–H and O–H groups in total. The summed E-state index contributed by atoms with van der Waals surface area (Å²) in [6.07, 6.45) is 0. The molecule has 20 heavy (non-hydrogen) atoms. The van der Waals surface area contributed by atoms with Gasteiger partial charge in [0.2, 0.25) is 5.91 Å². The van der Waals surface area contributed by atoms with E-state index in [0.29, 0.717) is 5.76 Å². The molecule has 1 heterocycles. The number of aliphatic hydroxyl groups excluding tert-OH is 2. The molecule has 0 unspecified atom stereocenters. The van der Waals surface area contributed by atoms with Gasteiger partial charge in [-0.2, -0.15) is 0 Å². The molecule has 0 spiro atoms. The summed E-state index contributed by atoms with van der Waals surface area (Å²) < 4.78 is 5.65. The highest BCUT2D eigenvalue weighted by Crippen LogP contribution is 2.25. The lowest BCUT2D eigenvalue weighted by Crippen LogP contribution is -2.52. The Kier molecular flexibility index (Phi) is 4.11. The monoisotopic (exact) mass is 277 g/mol. The van der Waals surface area contributed by atoms with Gasteiger partial charge >= 0.3 is 0 Å². The van der Waals surface area contributed by atoms with E-state index in [1.807, 2.05) is 30.3 Å². The van der Waals surface area contributed by atoms with Crippen LogP contribution in [0.25, 0.3) is 11.0 Å². The molecule has 0 saturated carbocycles. The lowest BCUT2D eigenvalue weighted by molar-refractivity contribution is -0.125. The van der Waals surface area contributed by atoms with Gasteiger partial charge in [-0.25, -0.2) is 0 Å². The van der Waals surface area contributed by atoms with Gasteiger partial charge in [0.15, 0.2) is 0 Å². The van der Waals surface area contributed by atoms with Crippen molar-refractivity contribution in [3.8, 4) is 0 Å². The number of hydrogen-bond acceptors (Lipinski definition) is 4. The number of carbonyl (C=O) groups is 1. The first-order valence-electron chi connectivity index (χ1n) is 6.51. The molecule has 0 saturated heterocycles. The van der Waals surface area contributed by atoms with Crippen LogP contribution in [0, 0.1) is 0 Å². The van der Waals surface area contributed by atoms with Crippen molar-refractivity contribution in [3.63, 3.8) is 0 Å². The van der Waals surface area contributed by atoms with Crippen molar-refractivity contribution in [3.05, 3.63) is 36.1 Å². The Morgan fingerprint density at radius 1 is 1.35 bits per heavy atom. The van der Waals surface area contributed by atoms with E-state index in [2.05, 4.69) is 5.32 Å². The van der Waals surface area contributed by atoms with E-state index in [1.165, 1.54) is 0 Å². The van der Waals surface area contributed by atoms with Gasteiger partial charge in [0.1, 0.15) is 11.3 Å². The lowest BCUT2D eigenvalue weighted by Gasteiger charge is -2.27. The Morgan fingerprint density at radius 3 is 2.60 bits per heavy atom. The fourth-order valence-electron chi connectivity index (χ4n) is 1.88. The number of furan rings is 1. The van der Waals surface area contributed by atoms with E-state index in [9.17, 15) is 15.0 Å². The van der Waals surface area contributed by atoms with E-state index in [4.69, 9.17) is 4.42 Å². The van der Waals surface area contributed by atoms with Gasteiger partial charge in [-0.1, -0.05) is 18.2 Å². The van der Waals surface area contributed by atoms with Gasteiger partial charge in [0.25, 0.3) is 0 Å². The standard InChI is InChI=1S/C15H19NO4/c1-10(14(19)16-15(2,8-17)9-18)13-7-11-5-3-4-6-12(11)20-13/h3-7,10,17-18H,8-9H2,1-2H3,(H,16,19)/t10-/m0/s1. The van der Waals surface area contributed by atoms with Crippen LogP contribution >= 0.6 is 0 Å². The summed E-state index contributed by atoms with van der Waals surface area (Å²) in [7, 11) is 0. The van der Waals surface area contributed by atoms with E-state index in [1.54, 1.807) is 13.8 Å². The third kappa shape index (κ3) is 2.84. The number of carbonyl (C=O) groups excluding carboxylic acids is 1. The number of para-hydroxylation sites is 1. The van der Waals surface area contributed by atoms with Crippen LogP contribution in [0.4, 0.5) is 0 Å². The molecule has 1 aromatic heterocycles. The van der Waals surface area contributed by atoms with Crippen LogP contribution in [0.2, 0.25) is 0 Å². The zero-order chi connectivity index (χ0) is 14.8. The molecule has 0 bridgehead atoms. The van der Waals surface area contributed by atoms with Crippen molar-refractivity contribution >= 4 is 16.9 Å². The van der Waals surface area contributed by atoms with Crippen LogP contribution in [0.1, 0.15) is 25.5 Å². The van der Waals surface area contributed by atoms with Crippen LogP contribution in [-0.4, -0.2) is 34.9 Å². The van der Waals surface area contributed by atoms with E-state index >= 15 is 0 Å². The van der Waals surface area contributed by atoms with Gasteiger partial charge in [-0.3, -0.25) is 4.79 Å². The molecule has 0 aliphatic rings. The summed E-state index contributed by atoms with van der Waals surface area (Å²) in [6, 6.07) is 9.36. The first-order chi connectivity index (χ1) is 9.49. The van der Waals surface area contributed by atoms with Crippen molar-refractivity contribution in [2.45, 2.75) is 25.3 Å².